The van der Waals surface area contributed by atoms with E-state index in [9.17, 15) is 9.59 Å². The Kier molecular flexibility index (Phi) is 2.70. The van der Waals surface area contributed by atoms with E-state index in [1.165, 1.54) is 5.51 Å². The topological polar surface area (TPSA) is 81.2 Å². The average molecular weight is 187 g/mol. The lowest BCUT2D eigenvalue weighted by atomic mass is 10.6. The van der Waals surface area contributed by atoms with Crippen molar-refractivity contribution in [3.8, 4) is 0 Å². The van der Waals surface area contributed by atoms with Gasteiger partial charge in [-0.2, -0.15) is 0 Å². The maximum atomic E-state index is 10.8. The van der Waals surface area contributed by atoms with Crippen molar-refractivity contribution < 1.29 is 14.3 Å². The summed E-state index contributed by atoms with van der Waals surface area (Å²) in [5.74, 6) is -1.81. The highest BCUT2D eigenvalue weighted by molar-refractivity contribution is 7.13. The van der Waals surface area contributed by atoms with E-state index < -0.39 is 11.9 Å². The number of nitrogens with one attached hydrogen (secondary N) is 1. The Bertz CT molecular complexity index is 284. The van der Waals surface area contributed by atoms with Crippen LogP contribution in [-0.2, 0) is 14.3 Å². The highest BCUT2D eigenvalue weighted by atomic mass is 32.1. The predicted molar refractivity (Wildman–Crippen MR) is 40.6 cm³/mol. The Morgan fingerprint density at radius 2 is 2.42 bits per heavy atom. The molecule has 0 aliphatic rings. The molecule has 0 saturated carbocycles. The predicted octanol–water partition coefficient (Wildman–Crippen LogP) is -0.350. The van der Waals surface area contributed by atoms with Gasteiger partial charge in [0.1, 0.15) is 5.51 Å². The van der Waals surface area contributed by atoms with E-state index in [1.807, 2.05) is 0 Å². The first-order valence-corrected chi connectivity index (χ1v) is 3.77. The monoisotopic (exact) mass is 187 g/mol. The van der Waals surface area contributed by atoms with Crippen molar-refractivity contribution in [2.75, 3.05) is 12.4 Å². The van der Waals surface area contributed by atoms with Crippen LogP contribution in [0.15, 0.2) is 5.51 Å². The molecular formula is C5H5N3O3S. The summed E-state index contributed by atoms with van der Waals surface area (Å²) in [5.41, 5.74) is 1.44. The molecule has 0 bridgehead atoms. The number of hydrogen-bond donors (Lipinski definition) is 1. The van der Waals surface area contributed by atoms with Gasteiger partial charge in [0.05, 0.1) is 7.11 Å². The zero-order chi connectivity index (χ0) is 8.97. The summed E-state index contributed by atoms with van der Waals surface area (Å²) in [4.78, 5) is 21.4. The molecule has 1 amide bonds. The summed E-state index contributed by atoms with van der Waals surface area (Å²) in [6.07, 6.45) is 0. The van der Waals surface area contributed by atoms with Crippen molar-refractivity contribution in [3.63, 3.8) is 0 Å². The zero-order valence-electron chi connectivity index (χ0n) is 6.10. The van der Waals surface area contributed by atoms with Gasteiger partial charge in [-0.1, -0.05) is 11.3 Å². The van der Waals surface area contributed by atoms with Gasteiger partial charge < -0.3 is 4.74 Å². The Morgan fingerprint density at radius 3 is 2.92 bits per heavy atom. The van der Waals surface area contributed by atoms with Crippen molar-refractivity contribution in [2.24, 2.45) is 0 Å². The first kappa shape index (κ1) is 8.60. The van der Waals surface area contributed by atoms with Crippen molar-refractivity contribution in [1.82, 2.24) is 10.2 Å². The number of nitrogens with zero attached hydrogens (tertiary/aromatic N) is 2. The van der Waals surface area contributed by atoms with E-state index >= 15 is 0 Å². The van der Waals surface area contributed by atoms with Gasteiger partial charge in [0, 0.05) is 0 Å². The molecule has 0 fully saturated rings. The largest absolute Gasteiger partial charge is 0.462 e. The number of ether oxygens (including phenoxy) is 1. The maximum Gasteiger partial charge on any atom is 0.396 e. The van der Waals surface area contributed by atoms with E-state index in [0.29, 0.717) is 0 Å². The van der Waals surface area contributed by atoms with E-state index in [-0.39, 0.29) is 5.13 Å². The second kappa shape index (κ2) is 3.77. The fourth-order valence-electron chi connectivity index (χ4n) is 0.468. The fraction of sp³-hybridized carbons (Fsp3) is 0.200. The standard InChI is InChI=1S/C5H5N3O3S/c1-11-4(10)3(9)7-5-8-6-2-12-5/h2H,1H3,(H,7,8,9). The Hall–Kier alpha value is -1.50. The van der Waals surface area contributed by atoms with Gasteiger partial charge >= 0.3 is 11.9 Å². The lowest BCUT2D eigenvalue weighted by Gasteiger charge is -1.96. The van der Waals surface area contributed by atoms with Gasteiger partial charge in [0.2, 0.25) is 5.13 Å². The summed E-state index contributed by atoms with van der Waals surface area (Å²) in [5, 5.41) is 9.44. The molecule has 12 heavy (non-hydrogen) atoms. The van der Waals surface area contributed by atoms with Crippen molar-refractivity contribution in [2.45, 2.75) is 0 Å². The smallest absolute Gasteiger partial charge is 0.396 e. The third kappa shape index (κ3) is 1.99. The van der Waals surface area contributed by atoms with Crippen LogP contribution in [0.5, 0.6) is 0 Å². The second-order valence-corrected chi connectivity index (χ2v) is 2.52. The van der Waals surface area contributed by atoms with Crippen LogP contribution in [0.4, 0.5) is 5.13 Å². The van der Waals surface area contributed by atoms with Crippen LogP contribution in [0.3, 0.4) is 0 Å². The SMILES string of the molecule is COC(=O)C(=O)Nc1nncs1. The highest BCUT2D eigenvalue weighted by Gasteiger charge is 2.14. The molecule has 6 nitrogen and oxygen atoms in total. The molecule has 1 rings (SSSR count). The lowest BCUT2D eigenvalue weighted by molar-refractivity contribution is -0.150. The van der Waals surface area contributed by atoms with Gasteiger partial charge in [-0.25, -0.2) is 4.79 Å². The number of anilines is 1. The van der Waals surface area contributed by atoms with Crippen LogP contribution in [0.2, 0.25) is 0 Å². The van der Waals surface area contributed by atoms with Crippen molar-refractivity contribution in [3.05, 3.63) is 5.51 Å². The number of esters is 1. The molecule has 0 aromatic carbocycles. The Morgan fingerprint density at radius 1 is 1.67 bits per heavy atom. The summed E-state index contributed by atoms with van der Waals surface area (Å²) in [6.45, 7) is 0. The molecule has 1 heterocycles. The number of hydrogen-bond acceptors (Lipinski definition) is 6. The normalized spacial score (nSPS) is 9.08. The van der Waals surface area contributed by atoms with Crippen LogP contribution in [0.25, 0.3) is 0 Å². The molecule has 1 aromatic heterocycles. The van der Waals surface area contributed by atoms with Gasteiger partial charge in [-0.3, -0.25) is 10.1 Å². The van der Waals surface area contributed by atoms with Crippen molar-refractivity contribution in [1.29, 1.82) is 0 Å². The van der Waals surface area contributed by atoms with Crippen LogP contribution in [0.1, 0.15) is 0 Å². The van der Waals surface area contributed by atoms with E-state index in [4.69, 9.17) is 0 Å². The molecule has 1 aromatic rings. The Labute approximate surface area is 71.6 Å². The number of carbonyl (C=O) groups excluding carboxylic acids is 2. The first-order chi connectivity index (χ1) is 5.74. The van der Waals surface area contributed by atoms with E-state index in [1.54, 1.807) is 0 Å². The molecular weight excluding hydrogens is 182 g/mol. The number of aromatic nitrogens is 2. The summed E-state index contributed by atoms with van der Waals surface area (Å²) in [6, 6.07) is 0. The number of methoxy groups -OCH3 is 1. The van der Waals surface area contributed by atoms with Crippen LogP contribution in [-0.4, -0.2) is 29.2 Å². The van der Waals surface area contributed by atoms with E-state index in [0.717, 1.165) is 18.4 Å². The van der Waals surface area contributed by atoms with E-state index in [2.05, 4.69) is 20.3 Å². The lowest BCUT2D eigenvalue weighted by Crippen LogP contribution is -2.23. The van der Waals surface area contributed by atoms with Crippen LogP contribution in [0, 0.1) is 0 Å². The number of carbonyl (C=O) groups is 2. The molecule has 0 aliphatic heterocycles. The molecule has 0 atom stereocenters. The first-order valence-electron chi connectivity index (χ1n) is 2.89. The minimum Gasteiger partial charge on any atom is -0.462 e. The molecule has 0 radical (unpaired) electrons. The molecule has 1 N–H and O–H groups in total. The van der Waals surface area contributed by atoms with Gasteiger partial charge in [0.15, 0.2) is 0 Å². The van der Waals surface area contributed by atoms with Gasteiger partial charge in [-0.05, 0) is 0 Å². The van der Waals surface area contributed by atoms with Gasteiger partial charge in [0.25, 0.3) is 0 Å². The molecule has 0 spiro atoms. The molecule has 0 aliphatic carbocycles. The van der Waals surface area contributed by atoms with Crippen LogP contribution >= 0.6 is 11.3 Å². The molecule has 7 heteroatoms. The quantitative estimate of drug-likeness (QED) is 0.480. The van der Waals surface area contributed by atoms with Crippen LogP contribution < -0.4 is 5.32 Å². The van der Waals surface area contributed by atoms with Gasteiger partial charge in [-0.15, -0.1) is 10.2 Å². The van der Waals surface area contributed by atoms with Crippen molar-refractivity contribution >= 4 is 28.3 Å². The third-order valence-corrected chi connectivity index (χ3v) is 1.56. The summed E-state index contributed by atoms with van der Waals surface area (Å²) in [7, 11) is 1.13. The molecule has 0 saturated heterocycles. The zero-order valence-corrected chi connectivity index (χ0v) is 6.92. The average Bonchev–Trinajstić information content (AvgIpc) is 2.55. The number of rotatable bonds is 1. The highest BCUT2D eigenvalue weighted by Crippen LogP contribution is 2.07. The number of amides is 1. The third-order valence-electron chi connectivity index (χ3n) is 0.951. The fourth-order valence-corrected chi connectivity index (χ4v) is 0.908. The maximum absolute atomic E-state index is 10.8. The minimum absolute atomic E-state index is 0.269. The molecule has 64 valence electrons. The summed E-state index contributed by atoms with van der Waals surface area (Å²) >= 11 is 1.12. The molecule has 0 unspecified atom stereocenters. The second-order valence-electron chi connectivity index (χ2n) is 1.69. The minimum atomic E-state index is -0.954. The summed E-state index contributed by atoms with van der Waals surface area (Å²) < 4.78 is 4.17. The Balaban J connectivity index is 2.53.